The Morgan fingerprint density at radius 3 is 2.86 bits per heavy atom. The van der Waals surface area contributed by atoms with Gasteiger partial charge in [0.2, 0.25) is 5.91 Å². The summed E-state index contributed by atoms with van der Waals surface area (Å²) in [6.45, 7) is 3.76. The summed E-state index contributed by atoms with van der Waals surface area (Å²) in [7, 11) is 0. The molecule has 0 aliphatic carbocycles. The number of likely N-dealkylation sites (tertiary alicyclic amines) is 1. The molecular formula is C17H25NO2S. The normalized spacial score (nSPS) is 22.3. The average molecular weight is 307 g/mol. The van der Waals surface area contributed by atoms with Crippen LogP contribution in [0, 0.1) is 12.3 Å². The minimum absolute atomic E-state index is 0.143. The summed E-state index contributed by atoms with van der Waals surface area (Å²) in [5, 5.41) is 9.98. The van der Waals surface area contributed by atoms with Crippen LogP contribution in [0.15, 0.2) is 24.3 Å². The Morgan fingerprint density at radius 1 is 1.43 bits per heavy atom. The molecule has 1 aliphatic rings. The SMILES string of the molecule is CSCC(=O)N1CCCC(CO)(Cc2ccccc2C)C1. The molecule has 2 rings (SSSR count). The van der Waals surface area contributed by atoms with Crippen LogP contribution < -0.4 is 0 Å². The lowest BCUT2D eigenvalue weighted by Gasteiger charge is -2.42. The third-order valence-corrected chi connectivity index (χ3v) is 4.98. The summed E-state index contributed by atoms with van der Waals surface area (Å²) in [5.74, 6) is 0.733. The Balaban J connectivity index is 2.13. The number of aliphatic hydroxyl groups excluding tert-OH is 1. The molecular weight excluding hydrogens is 282 g/mol. The molecule has 0 radical (unpaired) electrons. The number of aliphatic hydroxyl groups is 1. The Morgan fingerprint density at radius 2 is 2.19 bits per heavy atom. The van der Waals surface area contributed by atoms with Crippen molar-refractivity contribution in [2.24, 2.45) is 5.41 Å². The van der Waals surface area contributed by atoms with Gasteiger partial charge in [0.1, 0.15) is 0 Å². The Hall–Kier alpha value is -1.00. The van der Waals surface area contributed by atoms with Crippen molar-refractivity contribution >= 4 is 17.7 Å². The lowest BCUT2D eigenvalue weighted by atomic mass is 9.75. The van der Waals surface area contributed by atoms with Crippen molar-refractivity contribution in [1.29, 1.82) is 0 Å². The van der Waals surface area contributed by atoms with Gasteiger partial charge < -0.3 is 10.0 Å². The molecule has 116 valence electrons. The molecule has 1 aromatic rings. The number of rotatable bonds is 5. The standard InChI is InChI=1S/C17H25NO2S/c1-14-6-3-4-7-15(14)10-17(13-19)8-5-9-18(12-17)16(20)11-21-2/h3-4,6-7,19H,5,8-13H2,1-2H3. The van der Waals surface area contributed by atoms with Gasteiger partial charge in [-0.15, -0.1) is 0 Å². The number of carbonyl (C=O) groups excluding carboxylic acids is 1. The van der Waals surface area contributed by atoms with Crippen molar-refractivity contribution in [2.45, 2.75) is 26.2 Å². The van der Waals surface area contributed by atoms with Crippen molar-refractivity contribution in [3.8, 4) is 0 Å². The van der Waals surface area contributed by atoms with Crippen LogP contribution in [0.4, 0.5) is 0 Å². The van der Waals surface area contributed by atoms with E-state index in [1.165, 1.54) is 11.1 Å². The summed E-state index contributed by atoms with van der Waals surface area (Å²) in [5.41, 5.74) is 2.36. The summed E-state index contributed by atoms with van der Waals surface area (Å²) in [6, 6.07) is 8.34. The number of hydrogen-bond acceptors (Lipinski definition) is 3. The molecule has 1 aliphatic heterocycles. The largest absolute Gasteiger partial charge is 0.396 e. The third-order valence-electron chi connectivity index (χ3n) is 4.44. The van der Waals surface area contributed by atoms with Gasteiger partial charge in [0, 0.05) is 18.5 Å². The van der Waals surface area contributed by atoms with Gasteiger partial charge in [-0.25, -0.2) is 0 Å². The summed E-state index contributed by atoms with van der Waals surface area (Å²) >= 11 is 1.56. The highest BCUT2D eigenvalue weighted by atomic mass is 32.2. The second kappa shape index (κ2) is 7.32. The topological polar surface area (TPSA) is 40.5 Å². The van der Waals surface area contributed by atoms with E-state index in [-0.39, 0.29) is 17.9 Å². The van der Waals surface area contributed by atoms with E-state index < -0.39 is 0 Å². The number of piperidine rings is 1. The quantitative estimate of drug-likeness (QED) is 0.908. The van der Waals surface area contributed by atoms with Crippen LogP contribution in [0.5, 0.6) is 0 Å². The van der Waals surface area contributed by atoms with Gasteiger partial charge in [0.25, 0.3) is 0 Å². The van der Waals surface area contributed by atoms with Gasteiger partial charge in [-0.3, -0.25) is 4.79 Å². The molecule has 1 heterocycles. The van der Waals surface area contributed by atoms with E-state index in [2.05, 4.69) is 19.1 Å². The first-order valence-electron chi connectivity index (χ1n) is 7.52. The smallest absolute Gasteiger partial charge is 0.232 e. The van der Waals surface area contributed by atoms with E-state index in [0.717, 1.165) is 25.8 Å². The molecule has 1 aromatic carbocycles. The van der Waals surface area contributed by atoms with Crippen LogP contribution in [0.2, 0.25) is 0 Å². The fourth-order valence-corrected chi connectivity index (χ4v) is 3.61. The van der Waals surface area contributed by atoms with Gasteiger partial charge in [0.15, 0.2) is 0 Å². The van der Waals surface area contributed by atoms with Crippen molar-refractivity contribution in [3.63, 3.8) is 0 Å². The van der Waals surface area contributed by atoms with Crippen molar-refractivity contribution in [2.75, 3.05) is 31.7 Å². The number of carbonyl (C=O) groups is 1. The molecule has 0 spiro atoms. The van der Waals surface area contributed by atoms with E-state index >= 15 is 0 Å². The van der Waals surface area contributed by atoms with Crippen molar-refractivity contribution in [3.05, 3.63) is 35.4 Å². The van der Waals surface area contributed by atoms with E-state index in [0.29, 0.717) is 12.3 Å². The average Bonchev–Trinajstić information content (AvgIpc) is 2.50. The zero-order valence-electron chi connectivity index (χ0n) is 13.0. The van der Waals surface area contributed by atoms with E-state index in [1.807, 2.05) is 23.3 Å². The fourth-order valence-electron chi connectivity index (χ4n) is 3.18. The zero-order chi connectivity index (χ0) is 15.3. The van der Waals surface area contributed by atoms with Crippen LogP contribution in [0.25, 0.3) is 0 Å². The second-order valence-electron chi connectivity index (χ2n) is 6.11. The molecule has 0 aromatic heterocycles. The van der Waals surface area contributed by atoms with Gasteiger partial charge in [-0.1, -0.05) is 24.3 Å². The maximum atomic E-state index is 12.1. The van der Waals surface area contributed by atoms with Crippen LogP contribution >= 0.6 is 11.8 Å². The number of benzene rings is 1. The zero-order valence-corrected chi connectivity index (χ0v) is 13.8. The Kier molecular flexibility index (Phi) is 5.71. The fraction of sp³-hybridized carbons (Fsp3) is 0.588. The number of nitrogens with zero attached hydrogens (tertiary/aromatic N) is 1. The molecule has 0 bridgehead atoms. The van der Waals surface area contributed by atoms with E-state index in [9.17, 15) is 9.90 Å². The van der Waals surface area contributed by atoms with Gasteiger partial charge in [-0.05, 0) is 43.6 Å². The summed E-state index contributed by atoms with van der Waals surface area (Å²) in [6.07, 6.45) is 4.77. The van der Waals surface area contributed by atoms with Crippen LogP contribution in [0.1, 0.15) is 24.0 Å². The Labute approximate surface area is 131 Å². The van der Waals surface area contributed by atoms with E-state index in [4.69, 9.17) is 0 Å². The number of amides is 1. The monoisotopic (exact) mass is 307 g/mol. The number of thioether (sulfide) groups is 1. The van der Waals surface area contributed by atoms with E-state index in [1.54, 1.807) is 11.8 Å². The van der Waals surface area contributed by atoms with Gasteiger partial charge >= 0.3 is 0 Å². The van der Waals surface area contributed by atoms with Crippen LogP contribution in [-0.2, 0) is 11.2 Å². The number of hydrogen-bond donors (Lipinski definition) is 1. The molecule has 1 N–H and O–H groups in total. The first kappa shape index (κ1) is 16.4. The molecule has 4 heteroatoms. The highest BCUT2D eigenvalue weighted by molar-refractivity contribution is 7.99. The predicted octanol–water partition coefficient (Wildman–Crippen LogP) is 2.50. The minimum atomic E-state index is -0.182. The summed E-state index contributed by atoms with van der Waals surface area (Å²) in [4.78, 5) is 14.1. The maximum absolute atomic E-state index is 12.1. The van der Waals surface area contributed by atoms with Crippen molar-refractivity contribution in [1.82, 2.24) is 4.90 Å². The highest BCUT2D eigenvalue weighted by Gasteiger charge is 2.36. The first-order chi connectivity index (χ1) is 10.1. The van der Waals surface area contributed by atoms with Gasteiger partial charge in [0.05, 0.1) is 12.4 Å². The lowest BCUT2D eigenvalue weighted by Crippen LogP contribution is -2.49. The number of aryl methyl sites for hydroxylation is 1. The summed E-state index contributed by atoms with van der Waals surface area (Å²) < 4.78 is 0. The van der Waals surface area contributed by atoms with Crippen molar-refractivity contribution < 1.29 is 9.90 Å². The molecule has 3 nitrogen and oxygen atoms in total. The minimum Gasteiger partial charge on any atom is -0.396 e. The van der Waals surface area contributed by atoms with Gasteiger partial charge in [-0.2, -0.15) is 11.8 Å². The van der Waals surface area contributed by atoms with Crippen LogP contribution in [-0.4, -0.2) is 47.6 Å². The molecule has 1 unspecified atom stereocenters. The molecule has 1 fully saturated rings. The van der Waals surface area contributed by atoms with Crippen LogP contribution in [0.3, 0.4) is 0 Å². The molecule has 1 atom stereocenters. The molecule has 1 saturated heterocycles. The Bertz CT molecular complexity index is 491. The molecule has 1 amide bonds. The lowest BCUT2D eigenvalue weighted by molar-refractivity contribution is -0.132. The second-order valence-corrected chi connectivity index (χ2v) is 6.98. The highest BCUT2D eigenvalue weighted by Crippen LogP contribution is 2.34. The molecule has 0 saturated carbocycles. The third kappa shape index (κ3) is 4.01. The predicted molar refractivity (Wildman–Crippen MR) is 88.6 cm³/mol. The first-order valence-corrected chi connectivity index (χ1v) is 8.92. The molecule has 21 heavy (non-hydrogen) atoms. The maximum Gasteiger partial charge on any atom is 0.232 e.